The molecule has 2 aliphatic rings. The average Bonchev–Trinajstić information content (AvgIpc) is 3.18. The van der Waals surface area contributed by atoms with Gasteiger partial charge in [-0.2, -0.15) is 14.0 Å². The van der Waals surface area contributed by atoms with Crippen LogP contribution in [0.3, 0.4) is 0 Å². The first kappa shape index (κ1) is 24.2. The van der Waals surface area contributed by atoms with Gasteiger partial charge >= 0.3 is 5.56 Å². The zero-order valence-corrected chi connectivity index (χ0v) is 19.2. The van der Waals surface area contributed by atoms with E-state index in [0.29, 0.717) is 36.3 Å². The molecule has 35 heavy (non-hydrogen) atoms. The van der Waals surface area contributed by atoms with Crippen molar-refractivity contribution in [3.8, 4) is 11.8 Å². The molecule has 0 saturated carbocycles. The van der Waals surface area contributed by atoms with Crippen molar-refractivity contribution in [2.24, 2.45) is 5.73 Å². The number of ketones is 1. The molecule has 1 aromatic heterocycles. The molecule has 0 radical (unpaired) electrons. The van der Waals surface area contributed by atoms with Gasteiger partial charge in [0.05, 0.1) is 32.6 Å². The van der Waals surface area contributed by atoms with Gasteiger partial charge in [-0.3, -0.25) is 18.7 Å². The molecule has 0 bridgehead atoms. The van der Waals surface area contributed by atoms with E-state index >= 15 is 0 Å². The first-order chi connectivity index (χ1) is 16.8. The number of rotatable bonds is 6. The van der Waals surface area contributed by atoms with Crippen molar-refractivity contribution in [1.82, 2.24) is 9.55 Å². The van der Waals surface area contributed by atoms with E-state index in [1.165, 1.54) is 18.3 Å². The van der Waals surface area contributed by atoms with Gasteiger partial charge in [0.1, 0.15) is 24.5 Å². The number of anilines is 1. The quantitative estimate of drug-likeness (QED) is 0.492. The Labute approximate surface area is 200 Å². The van der Waals surface area contributed by atoms with Crippen LogP contribution in [0.2, 0.25) is 0 Å². The lowest BCUT2D eigenvalue weighted by molar-refractivity contribution is -0.541. The SMILES string of the molecule is COc1cccc(C(=O)Cn2cnc3c(c2=O)N(CC=C(F)F)C(=[N+]2CCC[C@H](N)C2)C3C#N)c1. The van der Waals surface area contributed by atoms with Crippen LogP contribution in [0.5, 0.6) is 5.75 Å². The Hall–Kier alpha value is -3.91. The van der Waals surface area contributed by atoms with Gasteiger partial charge in [-0.1, -0.05) is 12.1 Å². The molecule has 0 aliphatic carbocycles. The van der Waals surface area contributed by atoms with E-state index < -0.39 is 17.6 Å². The Morgan fingerprint density at radius 1 is 1.43 bits per heavy atom. The van der Waals surface area contributed by atoms with E-state index in [1.807, 2.05) is 4.58 Å². The number of carbonyl (C=O) groups excluding carboxylic acids is 1. The highest BCUT2D eigenvalue weighted by atomic mass is 19.3. The van der Waals surface area contributed by atoms with E-state index in [0.717, 1.165) is 17.4 Å². The number of benzene rings is 1. The molecule has 0 spiro atoms. The number of methoxy groups -OCH3 is 1. The van der Waals surface area contributed by atoms with Gasteiger partial charge in [-0.05, 0) is 25.0 Å². The molecule has 182 valence electrons. The summed E-state index contributed by atoms with van der Waals surface area (Å²) in [6.45, 7) is 0.381. The average molecular weight is 483 g/mol. The maximum absolute atomic E-state index is 13.5. The molecule has 11 heteroatoms. The van der Waals surface area contributed by atoms with Gasteiger partial charge in [0.15, 0.2) is 11.7 Å². The third-order valence-electron chi connectivity index (χ3n) is 6.17. The molecule has 3 heterocycles. The Morgan fingerprint density at radius 3 is 2.91 bits per heavy atom. The summed E-state index contributed by atoms with van der Waals surface area (Å²) >= 11 is 0. The number of ether oxygens (including phenoxy) is 1. The van der Waals surface area contributed by atoms with Crippen LogP contribution in [0, 0.1) is 11.3 Å². The maximum atomic E-state index is 13.5. The van der Waals surface area contributed by atoms with Gasteiger partial charge in [0, 0.05) is 17.7 Å². The number of nitriles is 1. The van der Waals surface area contributed by atoms with Crippen molar-refractivity contribution >= 4 is 17.3 Å². The first-order valence-corrected chi connectivity index (χ1v) is 11.2. The lowest BCUT2D eigenvalue weighted by atomic mass is 10.0. The predicted molar refractivity (Wildman–Crippen MR) is 124 cm³/mol. The summed E-state index contributed by atoms with van der Waals surface area (Å²) in [6, 6.07) is 8.55. The molecule has 1 aromatic carbocycles. The monoisotopic (exact) mass is 483 g/mol. The second-order valence-electron chi connectivity index (χ2n) is 8.44. The Balaban J connectivity index is 1.78. The molecule has 1 unspecified atom stereocenters. The van der Waals surface area contributed by atoms with E-state index in [9.17, 15) is 23.6 Å². The van der Waals surface area contributed by atoms with Gasteiger partial charge in [0.25, 0.3) is 11.9 Å². The van der Waals surface area contributed by atoms with Crippen LogP contribution >= 0.6 is 0 Å². The highest BCUT2D eigenvalue weighted by Gasteiger charge is 2.48. The summed E-state index contributed by atoms with van der Waals surface area (Å²) in [5, 5.41) is 9.94. The number of aromatic nitrogens is 2. The molecule has 2 atom stereocenters. The van der Waals surface area contributed by atoms with Crippen molar-refractivity contribution in [3.63, 3.8) is 0 Å². The number of piperidine rings is 1. The fraction of sp³-hybridized carbons (Fsp3) is 0.375. The minimum Gasteiger partial charge on any atom is -0.497 e. The number of carbonyl (C=O) groups is 1. The summed E-state index contributed by atoms with van der Waals surface area (Å²) in [5.74, 6) is -0.355. The van der Waals surface area contributed by atoms with Crippen LogP contribution in [0.4, 0.5) is 14.5 Å². The van der Waals surface area contributed by atoms with Crippen molar-refractivity contribution in [2.75, 3.05) is 31.6 Å². The molecule has 1 fully saturated rings. The molecular weight excluding hydrogens is 458 g/mol. The number of amidine groups is 1. The fourth-order valence-corrected chi connectivity index (χ4v) is 4.54. The van der Waals surface area contributed by atoms with Gasteiger partial charge < -0.3 is 10.5 Å². The Morgan fingerprint density at radius 2 is 2.23 bits per heavy atom. The first-order valence-electron chi connectivity index (χ1n) is 11.2. The van der Waals surface area contributed by atoms with Gasteiger partial charge in [-0.15, -0.1) is 0 Å². The smallest absolute Gasteiger partial charge is 0.301 e. The molecule has 2 aliphatic heterocycles. The summed E-state index contributed by atoms with van der Waals surface area (Å²) < 4.78 is 34.2. The molecule has 0 amide bonds. The lowest BCUT2D eigenvalue weighted by Crippen LogP contribution is -2.46. The van der Waals surface area contributed by atoms with E-state index in [-0.39, 0.29) is 36.3 Å². The van der Waals surface area contributed by atoms with Gasteiger partial charge in [-0.25, -0.2) is 9.88 Å². The minimum absolute atomic E-state index is 0.0177. The van der Waals surface area contributed by atoms with Crippen molar-refractivity contribution < 1.29 is 22.9 Å². The number of Topliss-reactive ketones (excluding diaryl/α,β-unsaturated/α-hetero) is 1. The summed E-state index contributed by atoms with van der Waals surface area (Å²) in [6.07, 6.45) is 1.58. The highest BCUT2D eigenvalue weighted by molar-refractivity contribution is 6.07. The molecule has 1 saturated heterocycles. The zero-order chi connectivity index (χ0) is 25.1. The molecule has 2 aromatic rings. The van der Waals surface area contributed by atoms with E-state index in [4.69, 9.17) is 10.5 Å². The number of nitrogens with two attached hydrogens (primary N) is 1. The van der Waals surface area contributed by atoms with Crippen LogP contribution in [-0.2, 0) is 6.54 Å². The third kappa shape index (κ3) is 4.83. The topological polar surface area (TPSA) is 117 Å². The third-order valence-corrected chi connectivity index (χ3v) is 6.17. The second-order valence-corrected chi connectivity index (χ2v) is 8.44. The number of hydrogen-bond donors (Lipinski definition) is 1. The normalized spacial score (nSPS) is 21.3. The fourth-order valence-electron chi connectivity index (χ4n) is 4.54. The van der Waals surface area contributed by atoms with Crippen molar-refractivity contribution in [2.45, 2.75) is 31.3 Å². The zero-order valence-electron chi connectivity index (χ0n) is 19.2. The van der Waals surface area contributed by atoms with Crippen molar-refractivity contribution in [1.29, 1.82) is 5.26 Å². The second kappa shape index (κ2) is 10.1. The Bertz CT molecular complexity index is 1310. The standard InChI is InChI=1S/C24H25F2N6O3/c1-35-17-6-2-4-15(10-17)19(33)13-31-14-29-21-18(11-27)23(30-8-3-5-16(28)12-30)32(9-7-20(25)26)22(21)24(31)34/h2,4,6-7,10,14,16,18H,3,5,8-9,12-13,28H2,1H3/q+1/t16-,18?/m0/s1. The van der Waals surface area contributed by atoms with Crippen LogP contribution in [-0.4, -0.2) is 58.5 Å². The summed E-state index contributed by atoms with van der Waals surface area (Å²) in [5.41, 5.74) is 6.08. The molecule has 9 nitrogen and oxygen atoms in total. The number of nitrogens with zero attached hydrogens (tertiary/aromatic N) is 5. The number of fused-ring (bicyclic) bond motifs is 1. The highest BCUT2D eigenvalue weighted by Crippen LogP contribution is 2.34. The van der Waals surface area contributed by atoms with Crippen LogP contribution < -0.4 is 20.9 Å². The maximum Gasteiger partial charge on any atom is 0.301 e. The lowest BCUT2D eigenvalue weighted by Gasteiger charge is -2.23. The summed E-state index contributed by atoms with van der Waals surface area (Å²) in [4.78, 5) is 32.1. The number of hydrogen-bond acceptors (Lipinski definition) is 6. The predicted octanol–water partition coefficient (Wildman–Crippen LogP) is 1.87. The van der Waals surface area contributed by atoms with Crippen LogP contribution in [0.15, 0.2) is 47.5 Å². The molecule has 4 rings (SSSR count). The molecule has 2 N–H and O–H groups in total. The van der Waals surface area contributed by atoms with Crippen LogP contribution in [0.1, 0.15) is 34.8 Å². The summed E-state index contributed by atoms with van der Waals surface area (Å²) in [7, 11) is 1.48. The van der Waals surface area contributed by atoms with E-state index in [2.05, 4.69) is 11.1 Å². The Kier molecular flexibility index (Phi) is 7.02. The number of halogens is 2. The van der Waals surface area contributed by atoms with Crippen molar-refractivity contribution in [3.05, 3.63) is 64.4 Å². The molecular formula is C24H25F2N6O3+. The minimum atomic E-state index is -1.90. The van der Waals surface area contributed by atoms with E-state index in [1.54, 1.807) is 24.3 Å². The largest absolute Gasteiger partial charge is 0.497 e. The van der Waals surface area contributed by atoms with Crippen LogP contribution in [0.25, 0.3) is 0 Å². The van der Waals surface area contributed by atoms with Gasteiger partial charge in [0.2, 0.25) is 5.69 Å².